The van der Waals surface area contributed by atoms with E-state index in [0.29, 0.717) is 9.33 Å². The molecule has 0 radical (unpaired) electrons. The predicted molar refractivity (Wildman–Crippen MR) is 132 cm³/mol. The summed E-state index contributed by atoms with van der Waals surface area (Å²) in [5.41, 5.74) is 7.73. The zero-order valence-electron chi connectivity index (χ0n) is 18.2. The number of phenolic OH excluding ortho intramolecular Hbond substituents is 1. The highest BCUT2D eigenvalue weighted by molar-refractivity contribution is 7.07. The van der Waals surface area contributed by atoms with Crippen molar-refractivity contribution in [1.29, 1.82) is 0 Å². The number of aromatic nitrogens is 1. The molecule has 3 aromatic carbocycles. The van der Waals surface area contributed by atoms with E-state index in [1.54, 1.807) is 18.2 Å². The van der Waals surface area contributed by atoms with Crippen molar-refractivity contribution in [3.63, 3.8) is 0 Å². The highest BCUT2D eigenvalue weighted by Crippen LogP contribution is 2.41. The first-order valence-electron chi connectivity index (χ1n) is 11.1. The summed E-state index contributed by atoms with van der Waals surface area (Å²) < 4.78 is 2.47. The van der Waals surface area contributed by atoms with E-state index in [1.165, 1.54) is 33.6 Å². The zero-order valence-corrected chi connectivity index (χ0v) is 19.0. The van der Waals surface area contributed by atoms with Gasteiger partial charge in [-0.3, -0.25) is 9.36 Å². The molecule has 1 unspecified atom stereocenters. The minimum atomic E-state index is -0.170. The van der Waals surface area contributed by atoms with Gasteiger partial charge in [-0.1, -0.05) is 77.6 Å². The molecule has 1 N–H and O–H groups in total. The number of fused-ring (bicyclic) bond motifs is 3. The largest absolute Gasteiger partial charge is 0.508 e. The number of thiazole rings is 1. The minimum Gasteiger partial charge on any atom is -0.508 e. The number of benzene rings is 3. The van der Waals surface area contributed by atoms with Gasteiger partial charge in [-0.25, -0.2) is 4.99 Å². The van der Waals surface area contributed by atoms with Crippen LogP contribution < -0.4 is 14.9 Å². The number of nitrogens with zero attached hydrogens (tertiary/aromatic N) is 2. The lowest BCUT2D eigenvalue weighted by Crippen LogP contribution is -2.38. The van der Waals surface area contributed by atoms with Crippen molar-refractivity contribution in [3.8, 4) is 5.75 Å². The molecule has 33 heavy (non-hydrogen) atoms. The average molecular weight is 451 g/mol. The smallest absolute Gasteiger partial charge is 0.271 e. The Kier molecular flexibility index (Phi) is 4.66. The van der Waals surface area contributed by atoms with Gasteiger partial charge in [0, 0.05) is 5.56 Å². The first-order valence-corrected chi connectivity index (χ1v) is 11.9. The van der Waals surface area contributed by atoms with Crippen LogP contribution in [0.3, 0.4) is 0 Å². The highest BCUT2D eigenvalue weighted by atomic mass is 32.1. The number of allylic oxidation sites excluding steroid dienone is 1. The van der Waals surface area contributed by atoms with Crippen LogP contribution in [-0.4, -0.2) is 9.67 Å². The van der Waals surface area contributed by atoms with Gasteiger partial charge in [-0.2, -0.15) is 0 Å². The third-order valence-corrected chi connectivity index (χ3v) is 7.42. The number of hydrogen-bond donors (Lipinski definition) is 1. The maximum Gasteiger partial charge on any atom is 0.271 e. The van der Waals surface area contributed by atoms with Gasteiger partial charge in [0.25, 0.3) is 5.56 Å². The summed E-state index contributed by atoms with van der Waals surface area (Å²) in [5, 5.41) is 9.84. The molecule has 2 aliphatic rings. The second-order valence-corrected chi connectivity index (χ2v) is 9.63. The van der Waals surface area contributed by atoms with Gasteiger partial charge in [-0.05, 0) is 60.2 Å². The van der Waals surface area contributed by atoms with E-state index < -0.39 is 0 Å². The summed E-state index contributed by atoms with van der Waals surface area (Å²) >= 11 is 1.41. The molecule has 1 aliphatic carbocycles. The van der Waals surface area contributed by atoms with Crippen LogP contribution >= 0.6 is 11.3 Å². The molecule has 0 saturated carbocycles. The van der Waals surface area contributed by atoms with Gasteiger partial charge in [-0.15, -0.1) is 0 Å². The Hall–Kier alpha value is -3.70. The number of aryl methyl sites for hydroxylation is 2. The lowest BCUT2D eigenvalue weighted by atomic mass is 9.83. The Bertz CT molecular complexity index is 1610. The molecule has 0 saturated heterocycles. The maximum atomic E-state index is 13.7. The Morgan fingerprint density at radius 2 is 1.85 bits per heavy atom. The van der Waals surface area contributed by atoms with Crippen molar-refractivity contribution < 1.29 is 5.11 Å². The normalized spacial score (nSPS) is 17.2. The molecule has 2 heterocycles. The first kappa shape index (κ1) is 19.9. The minimum absolute atomic E-state index is 0.0434. The van der Waals surface area contributed by atoms with Gasteiger partial charge in [0.1, 0.15) is 5.75 Å². The van der Waals surface area contributed by atoms with Crippen LogP contribution in [0.5, 0.6) is 5.75 Å². The highest BCUT2D eigenvalue weighted by Gasteiger charge is 2.32. The van der Waals surface area contributed by atoms with Crippen LogP contribution in [0.25, 0.3) is 11.8 Å². The Labute approximate surface area is 195 Å². The van der Waals surface area contributed by atoms with E-state index in [2.05, 4.69) is 55.5 Å². The van der Waals surface area contributed by atoms with Crippen molar-refractivity contribution in [2.45, 2.75) is 25.8 Å². The maximum absolute atomic E-state index is 13.7. The van der Waals surface area contributed by atoms with Crippen LogP contribution in [-0.2, 0) is 6.42 Å². The van der Waals surface area contributed by atoms with E-state index in [4.69, 9.17) is 4.99 Å². The quantitative estimate of drug-likeness (QED) is 0.494. The van der Waals surface area contributed by atoms with Crippen LogP contribution in [0, 0.1) is 6.92 Å². The van der Waals surface area contributed by atoms with Gasteiger partial charge < -0.3 is 5.11 Å². The molecule has 162 valence electrons. The molecule has 4 aromatic rings. The molecule has 0 bridgehead atoms. The van der Waals surface area contributed by atoms with Crippen molar-refractivity contribution in [2.24, 2.45) is 4.99 Å². The van der Waals surface area contributed by atoms with Crippen LogP contribution in [0.15, 0.2) is 88.2 Å². The van der Waals surface area contributed by atoms with Crippen molar-refractivity contribution in [2.75, 3.05) is 0 Å². The van der Waals surface area contributed by atoms with Crippen LogP contribution in [0.4, 0.5) is 0 Å². The predicted octanol–water partition coefficient (Wildman–Crippen LogP) is 4.33. The fourth-order valence-corrected chi connectivity index (χ4v) is 5.84. The second-order valence-electron chi connectivity index (χ2n) is 8.62. The van der Waals surface area contributed by atoms with Crippen molar-refractivity contribution in [3.05, 3.63) is 126 Å². The summed E-state index contributed by atoms with van der Waals surface area (Å²) in [6, 6.07) is 23.7. The van der Waals surface area contributed by atoms with E-state index in [9.17, 15) is 9.90 Å². The summed E-state index contributed by atoms with van der Waals surface area (Å²) in [5.74, 6) is 0.182. The Balaban J connectivity index is 1.63. The second kappa shape index (κ2) is 7.71. The molecule has 6 rings (SSSR count). The number of phenols is 1. The number of rotatable bonds is 2. The summed E-state index contributed by atoms with van der Waals surface area (Å²) in [7, 11) is 0. The van der Waals surface area contributed by atoms with E-state index >= 15 is 0 Å². The molecule has 1 atom stereocenters. The van der Waals surface area contributed by atoms with Gasteiger partial charge in [0.2, 0.25) is 0 Å². The molecular formula is C28H22N2O2S. The fraction of sp³-hybridized carbons (Fsp3) is 0.143. The van der Waals surface area contributed by atoms with E-state index in [1.807, 2.05) is 16.7 Å². The standard InChI is InChI=1S/C28H22N2O2S/c1-17-9-11-20(12-10-17)26-23-14-13-19-6-2-3-8-22(19)25(23)29-28-30(26)27(32)24(33-28)16-18-5-4-7-21(31)15-18/h2-12,15-16,26,31H,13-14H2,1H3. The van der Waals surface area contributed by atoms with Crippen molar-refractivity contribution in [1.82, 2.24) is 4.57 Å². The van der Waals surface area contributed by atoms with Crippen LogP contribution in [0.2, 0.25) is 0 Å². The average Bonchev–Trinajstić information content (AvgIpc) is 3.13. The Morgan fingerprint density at radius 1 is 1.03 bits per heavy atom. The number of aromatic hydroxyl groups is 1. The van der Waals surface area contributed by atoms with Crippen molar-refractivity contribution >= 4 is 23.1 Å². The molecule has 0 fully saturated rings. The third-order valence-electron chi connectivity index (χ3n) is 6.43. The summed E-state index contributed by atoms with van der Waals surface area (Å²) in [6.07, 6.45) is 3.66. The monoisotopic (exact) mass is 450 g/mol. The van der Waals surface area contributed by atoms with Gasteiger partial charge in [0.15, 0.2) is 4.80 Å². The van der Waals surface area contributed by atoms with E-state index in [-0.39, 0.29) is 17.4 Å². The fourth-order valence-electron chi connectivity index (χ4n) is 4.84. The van der Waals surface area contributed by atoms with Gasteiger partial charge >= 0.3 is 0 Å². The first-order chi connectivity index (χ1) is 16.1. The zero-order chi connectivity index (χ0) is 22.5. The topological polar surface area (TPSA) is 54.6 Å². The molecule has 5 heteroatoms. The van der Waals surface area contributed by atoms with Crippen LogP contribution in [0.1, 0.15) is 40.3 Å². The van der Waals surface area contributed by atoms with E-state index in [0.717, 1.165) is 29.7 Å². The lowest BCUT2D eigenvalue weighted by Gasteiger charge is -2.30. The molecule has 0 spiro atoms. The molecule has 1 aromatic heterocycles. The molecule has 1 aliphatic heterocycles. The summed E-state index contributed by atoms with van der Waals surface area (Å²) in [4.78, 5) is 19.4. The summed E-state index contributed by atoms with van der Waals surface area (Å²) in [6.45, 7) is 2.08. The molecule has 0 amide bonds. The Morgan fingerprint density at radius 3 is 2.67 bits per heavy atom. The molecular weight excluding hydrogens is 428 g/mol. The molecule has 4 nitrogen and oxygen atoms in total. The number of hydrogen-bond acceptors (Lipinski definition) is 4. The SMILES string of the molecule is Cc1ccc(C2C3=C(N=c4sc(=Cc5cccc(O)c5)c(=O)n42)c2ccccc2CC3)cc1. The lowest BCUT2D eigenvalue weighted by molar-refractivity contribution is 0.475. The third kappa shape index (κ3) is 3.36. The van der Waals surface area contributed by atoms with Gasteiger partial charge in [0.05, 0.1) is 16.3 Å².